The second kappa shape index (κ2) is 11.7. The highest BCUT2D eigenvalue weighted by atomic mass is 19.3. The Hall–Kier alpha value is -2.48. The second-order valence-corrected chi connectivity index (χ2v) is 11.5. The fourth-order valence-electron chi connectivity index (χ4n) is 5.26. The first kappa shape index (κ1) is 29.7. The number of amides is 3. The van der Waals surface area contributed by atoms with Crippen molar-refractivity contribution < 1.29 is 33.0 Å². The third-order valence-corrected chi connectivity index (χ3v) is 7.30. The first-order valence-corrected chi connectivity index (χ1v) is 12.5. The molecule has 1 heterocycles. The van der Waals surface area contributed by atoms with Crippen LogP contribution in [-0.2, 0) is 14.3 Å². The molecule has 3 N–H and O–H groups in total. The molecule has 0 aromatic carbocycles. The van der Waals surface area contributed by atoms with Gasteiger partial charge in [0.2, 0.25) is 17.7 Å². The van der Waals surface area contributed by atoms with E-state index in [1.54, 1.807) is 26.8 Å². The number of alkyl carbamates (subject to hydrolysis) is 1. The Kier molecular flexibility index (Phi) is 9.68. The Labute approximate surface area is 211 Å². The van der Waals surface area contributed by atoms with Crippen molar-refractivity contribution in [2.24, 2.45) is 10.8 Å². The van der Waals surface area contributed by atoms with E-state index in [1.165, 1.54) is 12.0 Å². The molecule has 0 aromatic rings. The number of carbonyl (C=O) groups is 3. The summed E-state index contributed by atoms with van der Waals surface area (Å²) in [5, 5.41) is 24.4. The molecule has 2 fully saturated rings. The number of alkyl halides is 2. The summed E-state index contributed by atoms with van der Waals surface area (Å²) in [6.07, 6.45) is 1.73. The van der Waals surface area contributed by atoms with Crippen molar-refractivity contribution in [3.8, 4) is 6.07 Å². The minimum atomic E-state index is -3.03. The van der Waals surface area contributed by atoms with Gasteiger partial charge in [-0.1, -0.05) is 40.0 Å². The minimum absolute atomic E-state index is 0.261. The summed E-state index contributed by atoms with van der Waals surface area (Å²) in [5.74, 6) is -4.07. The quantitative estimate of drug-likeness (QED) is 0.427. The summed E-state index contributed by atoms with van der Waals surface area (Å²) in [6, 6.07) is -1.50. The summed E-state index contributed by atoms with van der Waals surface area (Å²) in [4.78, 5) is 40.7. The number of likely N-dealkylation sites (tertiary alicyclic amines) is 1. The van der Waals surface area contributed by atoms with Crippen LogP contribution >= 0.6 is 0 Å². The normalized spacial score (nSPS) is 22.3. The van der Waals surface area contributed by atoms with E-state index < -0.39 is 59.9 Å². The van der Waals surface area contributed by atoms with Crippen molar-refractivity contribution in [2.75, 3.05) is 13.7 Å². The number of rotatable bonds is 8. The van der Waals surface area contributed by atoms with Gasteiger partial charge >= 0.3 is 6.09 Å². The van der Waals surface area contributed by atoms with E-state index in [9.17, 15) is 28.3 Å². The van der Waals surface area contributed by atoms with Gasteiger partial charge in [-0.05, 0) is 43.4 Å². The number of nitriles is 1. The molecule has 1 saturated carbocycles. The van der Waals surface area contributed by atoms with E-state index in [4.69, 9.17) is 10.00 Å². The Morgan fingerprint density at radius 3 is 2.28 bits per heavy atom. The first-order valence-electron chi connectivity index (χ1n) is 12.5. The lowest BCUT2D eigenvalue weighted by molar-refractivity contribution is -0.142. The fourth-order valence-corrected chi connectivity index (χ4v) is 5.26. The van der Waals surface area contributed by atoms with Crippen molar-refractivity contribution >= 4 is 17.9 Å². The third kappa shape index (κ3) is 7.76. The average Bonchev–Trinajstić information content (AvgIpc) is 3.16. The van der Waals surface area contributed by atoms with E-state index in [0.717, 1.165) is 39.0 Å². The van der Waals surface area contributed by atoms with Crippen LogP contribution in [0.1, 0.15) is 79.1 Å². The highest BCUT2D eigenvalue weighted by Gasteiger charge is 2.51. The number of nitrogens with one attached hydrogen (secondary N) is 2. The van der Waals surface area contributed by atoms with Gasteiger partial charge in [-0.3, -0.25) is 9.59 Å². The molecule has 3 amide bonds. The van der Waals surface area contributed by atoms with Crippen LogP contribution in [0, 0.1) is 22.2 Å². The molecule has 204 valence electrons. The van der Waals surface area contributed by atoms with Gasteiger partial charge in [0.25, 0.3) is 0 Å². The van der Waals surface area contributed by atoms with E-state index in [2.05, 4.69) is 10.6 Å². The van der Waals surface area contributed by atoms with Crippen molar-refractivity contribution in [1.29, 1.82) is 5.26 Å². The van der Waals surface area contributed by atoms with Crippen LogP contribution in [0.3, 0.4) is 0 Å². The number of hydrogen-bond acceptors (Lipinski definition) is 6. The van der Waals surface area contributed by atoms with Crippen molar-refractivity contribution in [3.05, 3.63) is 0 Å². The maximum absolute atomic E-state index is 13.8. The van der Waals surface area contributed by atoms with Crippen LogP contribution in [0.4, 0.5) is 13.6 Å². The lowest BCUT2D eigenvalue weighted by Crippen LogP contribution is -2.58. The standard InChI is InChI=1S/C25H40F2N4O5/c1-23(2,3)19(30-22(35)36-5)21(34)31-15-25(10-7-6-8-11-25)13-17(31)20(33)29-16(18(32)14-28)9-12-24(4,26)27/h16-19,32H,6-13,15H2,1-5H3,(H,29,33)(H,30,35)/t16-,17-,18?,19+/m0/s1. The number of ether oxygens (including phenoxy) is 1. The lowest BCUT2D eigenvalue weighted by Gasteiger charge is -2.36. The zero-order chi connectivity index (χ0) is 27.3. The molecule has 2 aliphatic rings. The monoisotopic (exact) mass is 514 g/mol. The first-order chi connectivity index (χ1) is 16.6. The Morgan fingerprint density at radius 1 is 1.17 bits per heavy atom. The second-order valence-electron chi connectivity index (χ2n) is 11.5. The molecule has 9 nitrogen and oxygen atoms in total. The fraction of sp³-hybridized carbons (Fsp3) is 0.840. The van der Waals surface area contributed by atoms with Crippen LogP contribution < -0.4 is 10.6 Å². The zero-order valence-electron chi connectivity index (χ0n) is 21.9. The number of hydrogen-bond donors (Lipinski definition) is 3. The zero-order valence-corrected chi connectivity index (χ0v) is 21.9. The van der Waals surface area contributed by atoms with Crippen LogP contribution in [0.5, 0.6) is 0 Å². The summed E-state index contributed by atoms with van der Waals surface area (Å²) in [5.41, 5.74) is -0.954. The largest absolute Gasteiger partial charge is 0.453 e. The number of aliphatic hydroxyl groups is 1. The molecule has 1 aliphatic carbocycles. The molecule has 1 aliphatic heterocycles. The lowest BCUT2D eigenvalue weighted by atomic mass is 9.72. The number of carbonyl (C=O) groups excluding carboxylic acids is 3. The van der Waals surface area contributed by atoms with Gasteiger partial charge in [0.05, 0.1) is 19.2 Å². The van der Waals surface area contributed by atoms with Crippen LogP contribution in [0.2, 0.25) is 0 Å². The van der Waals surface area contributed by atoms with Gasteiger partial charge < -0.3 is 25.4 Å². The Balaban J connectivity index is 2.34. The van der Waals surface area contributed by atoms with Crippen LogP contribution in [0.15, 0.2) is 0 Å². The topological polar surface area (TPSA) is 132 Å². The van der Waals surface area contributed by atoms with E-state index in [0.29, 0.717) is 13.0 Å². The van der Waals surface area contributed by atoms with E-state index in [-0.39, 0.29) is 11.8 Å². The third-order valence-electron chi connectivity index (χ3n) is 7.30. The molecule has 1 unspecified atom stereocenters. The van der Waals surface area contributed by atoms with E-state index in [1.807, 2.05) is 0 Å². The maximum Gasteiger partial charge on any atom is 0.407 e. The molecule has 0 aromatic heterocycles. The maximum atomic E-state index is 13.8. The molecule has 11 heteroatoms. The molecule has 0 bridgehead atoms. The van der Waals surface area contributed by atoms with E-state index >= 15 is 0 Å². The molecule has 1 spiro atoms. The van der Waals surface area contributed by atoms with Gasteiger partial charge in [0.1, 0.15) is 12.1 Å². The number of nitrogens with zero attached hydrogens (tertiary/aromatic N) is 2. The number of methoxy groups -OCH3 is 1. The highest BCUT2D eigenvalue weighted by Crippen LogP contribution is 2.47. The Morgan fingerprint density at radius 2 is 1.78 bits per heavy atom. The molecule has 2 rings (SSSR count). The smallest absolute Gasteiger partial charge is 0.407 e. The van der Waals surface area contributed by atoms with Gasteiger partial charge in [-0.2, -0.15) is 5.26 Å². The summed E-state index contributed by atoms with van der Waals surface area (Å²) < 4.78 is 31.6. The van der Waals surface area contributed by atoms with Crippen molar-refractivity contribution in [1.82, 2.24) is 15.5 Å². The van der Waals surface area contributed by atoms with Gasteiger partial charge in [0, 0.05) is 13.0 Å². The molecule has 4 atom stereocenters. The van der Waals surface area contributed by atoms with Crippen molar-refractivity contribution in [2.45, 2.75) is 109 Å². The molecule has 1 saturated heterocycles. The molecule has 36 heavy (non-hydrogen) atoms. The molecular formula is C25H40F2N4O5. The van der Waals surface area contributed by atoms with Crippen molar-refractivity contribution in [3.63, 3.8) is 0 Å². The highest BCUT2D eigenvalue weighted by molar-refractivity contribution is 5.92. The summed E-state index contributed by atoms with van der Waals surface area (Å²) in [6.45, 7) is 6.43. The van der Waals surface area contributed by atoms with Crippen LogP contribution in [0.25, 0.3) is 0 Å². The molecular weight excluding hydrogens is 474 g/mol. The minimum Gasteiger partial charge on any atom is -0.453 e. The number of aliphatic hydroxyl groups excluding tert-OH is 1. The predicted molar refractivity (Wildman–Crippen MR) is 128 cm³/mol. The van der Waals surface area contributed by atoms with Gasteiger partial charge in [0.15, 0.2) is 6.10 Å². The Bertz CT molecular complexity index is 843. The SMILES string of the molecule is COC(=O)N[C@H](C(=O)N1CC2(CCCCC2)C[C@H]1C(=O)N[C@@H](CCC(C)(F)F)C(O)C#N)C(C)(C)C. The predicted octanol–water partition coefficient (Wildman–Crippen LogP) is 3.11. The summed E-state index contributed by atoms with van der Waals surface area (Å²) >= 11 is 0. The van der Waals surface area contributed by atoms with Crippen LogP contribution in [-0.4, -0.2) is 71.7 Å². The van der Waals surface area contributed by atoms with Gasteiger partial charge in [-0.15, -0.1) is 0 Å². The molecule has 0 radical (unpaired) electrons. The number of halogens is 2. The van der Waals surface area contributed by atoms with Gasteiger partial charge in [-0.25, -0.2) is 13.6 Å². The average molecular weight is 515 g/mol. The summed E-state index contributed by atoms with van der Waals surface area (Å²) in [7, 11) is 1.20.